The molecule has 0 aliphatic heterocycles. The molecule has 5 N–H and O–H groups in total. The number of nitrogens with zero attached hydrogens (tertiary/aromatic N) is 5. The second-order valence-corrected chi connectivity index (χ2v) is 3.95. The lowest BCUT2D eigenvalue weighted by Crippen LogP contribution is -2.38. The molecule has 1 unspecified atom stereocenters. The number of amidine groups is 1. The first-order valence-corrected chi connectivity index (χ1v) is 5.30. The van der Waals surface area contributed by atoms with Gasteiger partial charge in [-0.25, -0.2) is 15.0 Å². The van der Waals surface area contributed by atoms with Crippen LogP contribution in [-0.4, -0.2) is 36.7 Å². The van der Waals surface area contributed by atoms with E-state index in [1.807, 2.05) is 0 Å². The zero-order valence-electron chi connectivity index (χ0n) is 9.91. The van der Waals surface area contributed by atoms with Gasteiger partial charge in [-0.15, -0.1) is 0 Å². The maximum atomic E-state index is 12.9. The van der Waals surface area contributed by atoms with Gasteiger partial charge in [-0.05, 0) is 0 Å². The van der Waals surface area contributed by atoms with Gasteiger partial charge in [0.2, 0.25) is 0 Å². The summed E-state index contributed by atoms with van der Waals surface area (Å²) in [5.41, 5.74) is 10.9. The fourth-order valence-corrected chi connectivity index (χ4v) is 1.66. The van der Waals surface area contributed by atoms with Gasteiger partial charge in [-0.1, -0.05) is 5.16 Å². The molecule has 0 saturated carbocycles. The normalized spacial score (nSPS) is 14.7. The molecule has 2 rings (SSSR count). The molecule has 8 nitrogen and oxygen atoms in total. The molecule has 20 heavy (non-hydrogen) atoms. The number of hydrogen-bond acceptors (Lipinski definition) is 6. The van der Waals surface area contributed by atoms with Crippen molar-refractivity contribution in [2.75, 3.05) is 5.73 Å². The van der Waals surface area contributed by atoms with Crippen molar-refractivity contribution in [1.82, 2.24) is 19.5 Å². The zero-order valence-corrected chi connectivity index (χ0v) is 9.91. The number of fused-ring (bicyclic) bond motifs is 1. The number of halogens is 3. The zero-order chi connectivity index (χ0) is 14.9. The standard InChI is InChI=1S/C9H10F3N7O/c10-9(11,12)4(6(13)18-20)1-19-3-17-5-7(14)15-2-16-8(5)19/h2-4,20H,1H2,(H2,13,18)(H2,14,15,16). The number of alkyl halides is 3. The quantitative estimate of drug-likeness (QED) is 0.323. The van der Waals surface area contributed by atoms with Gasteiger partial charge in [-0.3, -0.25) is 0 Å². The van der Waals surface area contributed by atoms with Crippen LogP contribution in [0.4, 0.5) is 19.0 Å². The lowest BCUT2D eigenvalue weighted by molar-refractivity contribution is -0.158. The van der Waals surface area contributed by atoms with Crippen molar-refractivity contribution in [3.05, 3.63) is 12.7 Å². The molecule has 0 aromatic carbocycles. The summed E-state index contributed by atoms with van der Waals surface area (Å²) in [5, 5.41) is 10.9. The lowest BCUT2D eigenvalue weighted by atomic mass is 10.1. The van der Waals surface area contributed by atoms with Crippen molar-refractivity contribution in [3.63, 3.8) is 0 Å². The van der Waals surface area contributed by atoms with E-state index in [2.05, 4.69) is 20.1 Å². The Bertz CT molecular complexity index is 651. The van der Waals surface area contributed by atoms with Crippen LogP contribution >= 0.6 is 0 Å². The van der Waals surface area contributed by atoms with Crippen molar-refractivity contribution in [3.8, 4) is 0 Å². The number of hydrogen-bond donors (Lipinski definition) is 3. The number of anilines is 1. The molecule has 0 fully saturated rings. The Morgan fingerprint density at radius 2 is 2.10 bits per heavy atom. The Hall–Kier alpha value is -2.59. The number of nitrogens with two attached hydrogens (primary N) is 2. The molecule has 2 aromatic rings. The largest absolute Gasteiger partial charge is 0.409 e. The van der Waals surface area contributed by atoms with E-state index in [0.717, 1.165) is 17.2 Å². The number of aromatic nitrogens is 4. The van der Waals surface area contributed by atoms with E-state index in [9.17, 15) is 13.2 Å². The fraction of sp³-hybridized carbons (Fsp3) is 0.333. The third kappa shape index (κ3) is 2.41. The fourth-order valence-electron chi connectivity index (χ4n) is 1.66. The minimum absolute atomic E-state index is 0.0566. The van der Waals surface area contributed by atoms with Gasteiger partial charge >= 0.3 is 6.18 Å². The van der Waals surface area contributed by atoms with Crippen LogP contribution in [0.25, 0.3) is 11.2 Å². The van der Waals surface area contributed by atoms with Crippen LogP contribution in [-0.2, 0) is 6.54 Å². The summed E-state index contributed by atoms with van der Waals surface area (Å²) in [6, 6.07) is 0. The van der Waals surface area contributed by atoms with Crippen LogP contribution in [0.1, 0.15) is 0 Å². The summed E-state index contributed by atoms with van der Waals surface area (Å²) in [6.07, 6.45) is -2.42. The first kappa shape index (κ1) is 13.8. The Balaban J connectivity index is 2.42. The molecule has 0 radical (unpaired) electrons. The molecule has 0 aliphatic carbocycles. The van der Waals surface area contributed by atoms with Crippen LogP contribution in [0.15, 0.2) is 17.8 Å². The molecule has 0 bridgehead atoms. The number of rotatable bonds is 3. The lowest BCUT2D eigenvalue weighted by Gasteiger charge is -2.19. The summed E-state index contributed by atoms with van der Waals surface area (Å²) in [4.78, 5) is 11.3. The highest BCUT2D eigenvalue weighted by molar-refractivity contribution is 5.84. The molecule has 0 saturated heterocycles. The second kappa shape index (κ2) is 4.83. The molecule has 0 amide bonds. The highest BCUT2D eigenvalue weighted by atomic mass is 19.4. The van der Waals surface area contributed by atoms with E-state index in [1.54, 1.807) is 0 Å². The monoisotopic (exact) mass is 289 g/mol. The topological polar surface area (TPSA) is 128 Å². The van der Waals surface area contributed by atoms with E-state index >= 15 is 0 Å². The van der Waals surface area contributed by atoms with Crippen LogP contribution in [0, 0.1) is 5.92 Å². The Kier molecular flexibility index (Phi) is 3.34. The SMILES string of the molecule is NC(=NO)C(Cn1cnc2c(N)ncnc21)C(F)(F)F. The highest BCUT2D eigenvalue weighted by Crippen LogP contribution is 2.29. The molecule has 0 spiro atoms. The molecule has 0 aliphatic rings. The summed E-state index contributed by atoms with van der Waals surface area (Å²) < 4.78 is 39.7. The van der Waals surface area contributed by atoms with Crippen molar-refractivity contribution in [1.29, 1.82) is 0 Å². The van der Waals surface area contributed by atoms with E-state index < -0.39 is 24.5 Å². The predicted molar refractivity (Wildman–Crippen MR) is 62.7 cm³/mol. The Morgan fingerprint density at radius 1 is 1.40 bits per heavy atom. The van der Waals surface area contributed by atoms with Crippen molar-refractivity contribution < 1.29 is 18.4 Å². The molecule has 2 heterocycles. The van der Waals surface area contributed by atoms with Gasteiger partial charge in [0, 0.05) is 6.54 Å². The van der Waals surface area contributed by atoms with Gasteiger partial charge in [0.15, 0.2) is 17.3 Å². The van der Waals surface area contributed by atoms with Crippen molar-refractivity contribution in [2.24, 2.45) is 16.8 Å². The van der Waals surface area contributed by atoms with Crippen molar-refractivity contribution >= 4 is 22.8 Å². The Labute approximate surface area is 109 Å². The van der Waals surface area contributed by atoms with Crippen LogP contribution in [0.2, 0.25) is 0 Å². The summed E-state index contributed by atoms with van der Waals surface area (Å²) in [7, 11) is 0. The maximum absolute atomic E-state index is 12.9. The van der Waals surface area contributed by atoms with Gasteiger partial charge in [0.1, 0.15) is 17.8 Å². The van der Waals surface area contributed by atoms with E-state index in [1.165, 1.54) is 0 Å². The summed E-state index contributed by atoms with van der Waals surface area (Å²) in [6.45, 7) is -0.633. The smallest absolute Gasteiger partial charge is 0.400 e. The molecule has 11 heteroatoms. The van der Waals surface area contributed by atoms with Gasteiger partial charge in [0.25, 0.3) is 0 Å². The average molecular weight is 289 g/mol. The first-order valence-electron chi connectivity index (χ1n) is 5.30. The molecular formula is C9H10F3N7O. The van der Waals surface area contributed by atoms with E-state index in [4.69, 9.17) is 16.7 Å². The molecule has 1 atom stereocenters. The highest BCUT2D eigenvalue weighted by Gasteiger charge is 2.43. The van der Waals surface area contributed by atoms with Crippen LogP contribution in [0.3, 0.4) is 0 Å². The van der Waals surface area contributed by atoms with Gasteiger partial charge in [0.05, 0.1) is 6.33 Å². The third-order valence-electron chi connectivity index (χ3n) is 2.68. The first-order chi connectivity index (χ1) is 9.34. The van der Waals surface area contributed by atoms with Gasteiger partial charge in [-0.2, -0.15) is 13.2 Å². The molecular weight excluding hydrogens is 279 g/mol. The Morgan fingerprint density at radius 3 is 2.70 bits per heavy atom. The average Bonchev–Trinajstić information content (AvgIpc) is 2.78. The summed E-state index contributed by atoms with van der Waals surface area (Å²) in [5.74, 6) is -3.05. The van der Waals surface area contributed by atoms with Crippen LogP contribution in [0.5, 0.6) is 0 Å². The summed E-state index contributed by atoms with van der Waals surface area (Å²) >= 11 is 0. The maximum Gasteiger partial charge on any atom is 0.400 e. The predicted octanol–water partition coefficient (Wildman–Crippen LogP) is 0.333. The van der Waals surface area contributed by atoms with Crippen LogP contribution < -0.4 is 11.5 Å². The van der Waals surface area contributed by atoms with Crippen molar-refractivity contribution in [2.45, 2.75) is 12.7 Å². The van der Waals surface area contributed by atoms with E-state index in [-0.39, 0.29) is 17.0 Å². The minimum Gasteiger partial charge on any atom is -0.409 e. The molecule has 108 valence electrons. The molecule has 2 aromatic heterocycles. The number of imidazole rings is 1. The third-order valence-corrected chi connectivity index (χ3v) is 2.68. The number of oxime groups is 1. The number of nitrogen functional groups attached to an aromatic ring is 1. The second-order valence-electron chi connectivity index (χ2n) is 3.95. The minimum atomic E-state index is -4.68. The van der Waals surface area contributed by atoms with Gasteiger partial charge < -0.3 is 21.2 Å². The van der Waals surface area contributed by atoms with E-state index in [0.29, 0.717) is 0 Å².